The van der Waals surface area contributed by atoms with E-state index in [2.05, 4.69) is 21.5 Å². The van der Waals surface area contributed by atoms with Crippen molar-refractivity contribution in [3.8, 4) is 12.3 Å². The number of piperidine rings is 1. The summed E-state index contributed by atoms with van der Waals surface area (Å²) in [7, 11) is 1.99. The molecular formula is C11H19N3O. The lowest BCUT2D eigenvalue weighted by Crippen LogP contribution is -2.45. The van der Waals surface area contributed by atoms with Crippen LogP contribution in [0.5, 0.6) is 0 Å². The minimum absolute atomic E-state index is 0.00832. The number of hydrogen-bond acceptors (Lipinski definition) is 3. The van der Waals surface area contributed by atoms with E-state index in [1.54, 1.807) is 0 Å². The van der Waals surface area contributed by atoms with Crippen LogP contribution in [0.4, 0.5) is 0 Å². The third-order valence-corrected chi connectivity index (χ3v) is 2.71. The Labute approximate surface area is 91.4 Å². The van der Waals surface area contributed by atoms with Crippen molar-refractivity contribution in [1.82, 2.24) is 15.5 Å². The van der Waals surface area contributed by atoms with Crippen molar-refractivity contribution in [2.24, 2.45) is 0 Å². The molecule has 1 amide bonds. The van der Waals surface area contributed by atoms with Crippen LogP contribution in [0.15, 0.2) is 0 Å². The van der Waals surface area contributed by atoms with Crippen LogP contribution in [0.3, 0.4) is 0 Å². The summed E-state index contributed by atoms with van der Waals surface area (Å²) in [6.45, 7) is 2.84. The van der Waals surface area contributed by atoms with Gasteiger partial charge in [-0.1, -0.05) is 5.92 Å². The van der Waals surface area contributed by atoms with Crippen LogP contribution in [0.1, 0.15) is 12.8 Å². The SMILES string of the molecule is C#CCNC(=O)CN(C)C1CCNCC1. The van der Waals surface area contributed by atoms with Gasteiger partial charge in [-0.05, 0) is 33.0 Å². The molecule has 4 nitrogen and oxygen atoms in total. The summed E-state index contributed by atoms with van der Waals surface area (Å²) in [6, 6.07) is 0.517. The first kappa shape index (κ1) is 12.0. The molecule has 1 aliphatic rings. The van der Waals surface area contributed by atoms with E-state index in [9.17, 15) is 4.79 Å². The predicted octanol–water partition coefficient (Wildman–Crippen LogP) is -0.580. The van der Waals surface area contributed by atoms with Crippen LogP contribution in [-0.4, -0.2) is 50.1 Å². The molecule has 0 atom stereocenters. The van der Waals surface area contributed by atoms with E-state index in [0.29, 0.717) is 19.1 Å². The van der Waals surface area contributed by atoms with Gasteiger partial charge in [0.05, 0.1) is 13.1 Å². The quantitative estimate of drug-likeness (QED) is 0.609. The molecule has 0 aliphatic carbocycles. The Morgan fingerprint density at radius 2 is 2.27 bits per heavy atom. The highest BCUT2D eigenvalue weighted by Gasteiger charge is 2.19. The summed E-state index contributed by atoms with van der Waals surface area (Å²) in [6.07, 6.45) is 7.28. The first-order valence-corrected chi connectivity index (χ1v) is 5.35. The van der Waals surface area contributed by atoms with E-state index in [4.69, 9.17) is 6.42 Å². The number of carbonyl (C=O) groups is 1. The number of nitrogens with one attached hydrogen (secondary N) is 2. The summed E-state index contributed by atoms with van der Waals surface area (Å²) in [4.78, 5) is 13.5. The standard InChI is InChI=1S/C11H19N3O/c1-3-6-13-11(15)9-14(2)10-4-7-12-8-5-10/h1,10,12H,4-9H2,2H3,(H,13,15). The Bertz CT molecular complexity index is 241. The molecule has 0 unspecified atom stereocenters. The van der Waals surface area contributed by atoms with E-state index in [1.807, 2.05) is 7.05 Å². The molecule has 4 heteroatoms. The zero-order chi connectivity index (χ0) is 11.1. The Kier molecular flexibility index (Phi) is 5.16. The normalized spacial score (nSPS) is 17.4. The molecule has 0 saturated carbocycles. The maximum Gasteiger partial charge on any atom is 0.234 e. The largest absolute Gasteiger partial charge is 0.344 e. The van der Waals surface area contributed by atoms with Crippen molar-refractivity contribution in [3.05, 3.63) is 0 Å². The van der Waals surface area contributed by atoms with Crippen molar-refractivity contribution in [2.45, 2.75) is 18.9 Å². The predicted molar refractivity (Wildman–Crippen MR) is 60.4 cm³/mol. The second-order valence-electron chi connectivity index (χ2n) is 3.88. The number of rotatable bonds is 4. The average molecular weight is 209 g/mol. The van der Waals surface area contributed by atoms with E-state index < -0.39 is 0 Å². The van der Waals surface area contributed by atoms with Crippen LogP contribution < -0.4 is 10.6 Å². The van der Waals surface area contributed by atoms with Crippen LogP contribution in [0.2, 0.25) is 0 Å². The topological polar surface area (TPSA) is 44.4 Å². The van der Waals surface area contributed by atoms with Crippen LogP contribution in [0.25, 0.3) is 0 Å². The second kappa shape index (κ2) is 6.44. The van der Waals surface area contributed by atoms with E-state index in [-0.39, 0.29) is 5.91 Å². The lowest BCUT2D eigenvalue weighted by molar-refractivity contribution is -0.122. The number of carbonyl (C=O) groups excluding carboxylic acids is 1. The fourth-order valence-corrected chi connectivity index (χ4v) is 1.81. The molecule has 1 saturated heterocycles. The fraction of sp³-hybridized carbons (Fsp3) is 0.727. The van der Waals surface area contributed by atoms with Gasteiger partial charge in [-0.2, -0.15) is 0 Å². The molecule has 1 heterocycles. The van der Waals surface area contributed by atoms with Crippen LogP contribution in [-0.2, 0) is 4.79 Å². The third kappa shape index (κ3) is 4.32. The van der Waals surface area contributed by atoms with Gasteiger partial charge in [0.2, 0.25) is 5.91 Å². The molecule has 1 aliphatic heterocycles. The van der Waals surface area contributed by atoms with E-state index >= 15 is 0 Å². The zero-order valence-electron chi connectivity index (χ0n) is 9.25. The van der Waals surface area contributed by atoms with Crippen molar-refractivity contribution < 1.29 is 4.79 Å². The molecule has 15 heavy (non-hydrogen) atoms. The van der Waals surface area contributed by atoms with Gasteiger partial charge >= 0.3 is 0 Å². The van der Waals surface area contributed by atoms with Crippen molar-refractivity contribution >= 4 is 5.91 Å². The highest BCUT2D eigenvalue weighted by molar-refractivity contribution is 5.78. The minimum atomic E-state index is 0.00832. The van der Waals surface area contributed by atoms with Gasteiger partial charge in [0.15, 0.2) is 0 Å². The Balaban J connectivity index is 2.24. The smallest absolute Gasteiger partial charge is 0.234 e. The highest BCUT2D eigenvalue weighted by atomic mass is 16.2. The van der Waals surface area contributed by atoms with Crippen LogP contribution in [0, 0.1) is 12.3 Å². The van der Waals surface area contributed by atoms with Crippen molar-refractivity contribution in [2.75, 3.05) is 33.2 Å². The summed E-state index contributed by atoms with van der Waals surface area (Å²) < 4.78 is 0. The number of likely N-dealkylation sites (N-methyl/N-ethyl adjacent to an activating group) is 1. The second-order valence-corrected chi connectivity index (χ2v) is 3.88. The van der Waals surface area contributed by atoms with Crippen LogP contribution >= 0.6 is 0 Å². The molecule has 0 spiro atoms. The highest BCUT2D eigenvalue weighted by Crippen LogP contribution is 2.08. The molecule has 0 aromatic carbocycles. The van der Waals surface area contributed by atoms with Gasteiger partial charge in [-0.3, -0.25) is 9.69 Å². The summed E-state index contributed by atoms with van der Waals surface area (Å²) in [5, 5.41) is 5.97. The lowest BCUT2D eigenvalue weighted by atomic mass is 10.1. The van der Waals surface area contributed by atoms with Crippen molar-refractivity contribution in [3.63, 3.8) is 0 Å². The molecule has 0 bridgehead atoms. The summed E-state index contributed by atoms with van der Waals surface area (Å²) in [5.74, 6) is 2.40. The number of nitrogens with zero attached hydrogens (tertiary/aromatic N) is 1. The molecule has 0 radical (unpaired) electrons. The zero-order valence-corrected chi connectivity index (χ0v) is 9.25. The molecule has 0 aromatic heterocycles. The summed E-state index contributed by atoms with van der Waals surface area (Å²) in [5.41, 5.74) is 0. The molecule has 1 fully saturated rings. The maximum atomic E-state index is 11.4. The monoisotopic (exact) mass is 209 g/mol. The maximum absolute atomic E-state index is 11.4. The third-order valence-electron chi connectivity index (χ3n) is 2.71. The fourth-order valence-electron chi connectivity index (χ4n) is 1.81. The molecule has 84 valence electrons. The Morgan fingerprint density at radius 3 is 2.87 bits per heavy atom. The number of terminal acetylenes is 1. The molecular weight excluding hydrogens is 190 g/mol. The molecule has 0 aromatic rings. The first-order valence-electron chi connectivity index (χ1n) is 5.35. The molecule has 1 rings (SSSR count). The molecule has 2 N–H and O–H groups in total. The first-order chi connectivity index (χ1) is 7.24. The number of hydrogen-bond donors (Lipinski definition) is 2. The van der Waals surface area contributed by atoms with Gasteiger partial charge in [0, 0.05) is 6.04 Å². The summed E-state index contributed by atoms with van der Waals surface area (Å²) >= 11 is 0. The van der Waals surface area contributed by atoms with Gasteiger partial charge in [-0.15, -0.1) is 6.42 Å². The van der Waals surface area contributed by atoms with Crippen molar-refractivity contribution in [1.29, 1.82) is 0 Å². The van der Waals surface area contributed by atoms with E-state index in [0.717, 1.165) is 25.9 Å². The van der Waals surface area contributed by atoms with E-state index in [1.165, 1.54) is 0 Å². The minimum Gasteiger partial charge on any atom is -0.344 e. The van der Waals surface area contributed by atoms with Gasteiger partial charge in [0.1, 0.15) is 0 Å². The van der Waals surface area contributed by atoms with Gasteiger partial charge < -0.3 is 10.6 Å². The van der Waals surface area contributed by atoms with Gasteiger partial charge in [-0.25, -0.2) is 0 Å². The lowest BCUT2D eigenvalue weighted by Gasteiger charge is -2.30. The number of amides is 1. The van der Waals surface area contributed by atoms with Gasteiger partial charge in [0.25, 0.3) is 0 Å². The average Bonchev–Trinajstić information content (AvgIpc) is 2.27. The Hall–Kier alpha value is -1.05. The Morgan fingerprint density at radius 1 is 1.60 bits per heavy atom.